The van der Waals surface area contributed by atoms with E-state index in [1.807, 2.05) is 38.1 Å². The number of nitrogens with one attached hydrogen (secondary N) is 1. The van der Waals surface area contributed by atoms with Crippen LogP contribution in [0.4, 0.5) is 5.00 Å². The van der Waals surface area contributed by atoms with Crippen molar-refractivity contribution in [2.45, 2.75) is 13.8 Å². The number of aryl methyl sites for hydroxylation is 1. The van der Waals surface area contributed by atoms with Crippen LogP contribution in [0.2, 0.25) is 0 Å². The molecule has 0 aliphatic heterocycles. The molecule has 0 radical (unpaired) electrons. The Morgan fingerprint density at radius 1 is 1.32 bits per heavy atom. The lowest BCUT2D eigenvalue weighted by atomic mass is 10.1. The minimum Gasteiger partial charge on any atom is -0.495 e. The van der Waals surface area contributed by atoms with Gasteiger partial charge in [-0.3, -0.25) is 4.79 Å². The van der Waals surface area contributed by atoms with Crippen LogP contribution in [0.1, 0.15) is 26.4 Å². The van der Waals surface area contributed by atoms with E-state index < -0.39 is 0 Å². The fraction of sp³-hybridized carbons (Fsp3) is 0.158. The number of ether oxygens (including phenoxy) is 1. The van der Waals surface area contributed by atoms with Crippen molar-refractivity contribution in [3.05, 3.63) is 56.4 Å². The maximum absolute atomic E-state index is 12.9. The molecule has 1 heterocycles. The van der Waals surface area contributed by atoms with E-state index in [0.29, 0.717) is 21.9 Å². The van der Waals surface area contributed by atoms with Gasteiger partial charge in [0.25, 0.3) is 5.91 Å². The number of hydrogen-bond acceptors (Lipinski definition) is 4. The average Bonchev–Trinajstić information content (AvgIpc) is 2.88. The van der Waals surface area contributed by atoms with E-state index in [9.17, 15) is 10.1 Å². The van der Waals surface area contributed by atoms with E-state index in [4.69, 9.17) is 4.74 Å². The third-order valence-electron chi connectivity index (χ3n) is 4.11. The van der Waals surface area contributed by atoms with Gasteiger partial charge in [0.2, 0.25) is 0 Å². The van der Waals surface area contributed by atoms with Crippen LogP contribution < -0.4 is 10.1 Å². The normalized spacial score (nSPS) is 10.5. The molecule has 3 rings (SSSR count). The number of amides is 1. The van der Waals surface area contributed by atoms with Crippen molar-refractivity contribution in [1.29, 1.82) is 5.26 Å². The van der Waals surface area contributed by atoms with E-state index in [1.54, 1.807) is 6.07 Å². The molecule has 0 aliphatic carbocycles. The smallest absolute Gasteiger partial charge is 0.260 e. The van der Waals surface area contributed by atoms with Crippen LogP contribution >= 0.6 is 27.3 Å². The maximum atomic E-state index is 12.9. The summed E-state index contributed by atoms with van der Waals surface area (Å²) in [5, 5.41) is 14.7. The van der Waals surface area contributed by atoms with Crippen LogP contribution in [0, 0.1) is 25.2 Å². The lowest BCUT2D eigenvalue weighted by Crippen LogP contribution is -2.13. The highest BCUT2D eigenvalue weighted by Gasteiger charge is 2.21. The van der Waals surface area contributed by atoms with Crippen molar-refractivity contribution in [3.63, 3.8) is 0 Å². The number of methoxy groups -OCH3 is 1. The largest absolute Gasteiger partial charge is 0.495 e. The zero-order valence-electron chi connectivity index (χ0n) is 13.9. The zero-order valence-corrected chi connectivity index (χ0v) is 16.3. The molecule has 2 aromatic carbocycles. The van der Waals surface area contributed by atoms with Gasteiger partial charge in [0.1, 0.15) is 16.8 Å². The maximum Gasteiger partial charge on any atom is 0.260 e. The number of nitriles is 1. The second-order valence-electron chi connectivity index (χ2n) is 5.55. The standard InChI is InChI=1S/C19H15BrN2O2S/c1-10-11(2)25-19(15(10)9-21)22-18(23)14-8-12-6-4-5-7-13(12)16(20)17(14)24-3/h4-8H,1-3H3,(H,22,23). The Hall–Kier alpha value is -2.36. The topological polar surface area (TPSA) is 62.1 Å². The molecule has 0 bridgehead atoms. The highest BCUT2D eigenvalue weighted by Crippen LogP contribution is 2.38. The molecular formula is C19H15BrN2O2S. The Bertz CT molecular complexity index is 1030. The van der Waals surface area contributed by atoms with Crippen molar-refractivity contribution in [1.82, 2.24) is 0 Å². The van der Waals surface area contributed by atoms with Crippen LogP contribution in [0.5, 0.6) is 5.75 Å². The summed E-state index contributed by atoms with van der Waals surface area (Å²) in [6, 6.07) is 11.7. The summed E-state index contributed by atoms with van der Waals surface area (Å²) in [4.78, 5) is 13.9. The van der Waals surface area contributed by atoms with Gasteiger partial charge in [-0.25, -0.2) is 0 Å². The molecule has 0 fully saturated rings. The van der Waals surface area contributed by atoms with Gasteiger partial charge in [-0.2, -0.15) is 5.26 Å². The number of anilines is 1. The molecule has 25 heavy (non-hydrogen) atoms. The number of benzene rings is 2. The highest BCUT2D eigenvalue weighted by molar-refractivity contribution is 9.10. The molecule has 1 aromatic heterocycles. The first-order chi connectivity index (χ1) is 12.0. The second-order valence-corrected chi connectivity index (χ2v) is 7.56. The number of fused-ring (bicyclic) bond motifs is 1. The zero-order chi connectivity index (χ0) is 18.1. The van der Waals surface area contributed by atoms with Crippen molar-refractivity contribution in [2.75, 3.05) is 12.4 Å². The quantitative estimate of drug-likeness (QED) is 0.622. The summed E-state index contributed by atoms with van der Waals surface area (Å²) in [6.07, 6.45) is 0. The number of halogens is 1. The van der Waals surface area contributed by atoms with Gasteiger partial charge in [0.15, 0.2) is 0 Å². The molecule has 0 saturated carbocycles. The first-order valence-electron chi connectivity index (χ1n) is 7.54. The number of nitrogens with zero attached hydrogens (tertiary/aromatic N) is 1. The molecular weight excluding hydrogens is 400 g/mol. The van der Waals surface area contributed by atoms with E-state index in [2.05, 4.69) is 27.3 Å². The van der Waals surface area contributed by atoms with Gasteiger partial charge >= 0.3 is 0 Å². The number of carbonyl (C=O) groups excluding carboxylic acids is 1. The summed E-state index contributed by atoms with van der Waals surface area (Å²) in [6.45, 7) is 3.82. The molecule has 0 aliphatic rings. The highest BCUT2D eigenvalue weighted by atomic mass is 79.9. The minimum atomic E-state index is -0.305. The third-order valence-corrected chi connectivity index (χ3v) is 6.02. The number of hydrogen-bond donors (Lipinski definition) is 1. The van der Waals surface area contributed by atoms with Crippen LogP contribution in [0.15, 0.2) is 34.8 Å². The molecule has 0 saturated heterocycles. The van der Waals surface area contributed by atoms with Gasteiger partial charge in [0, 0.05) is 4.88 Å². The Morgan fingerprint density at radius 2 is 2.04 bits per heavy atom. The van der Waals surface area contributed by atoms with E-state index in [0.717, 1.165) is 25.7 Å². The first-order valence-corrected chi connectivity index (χ1v) is 9.15. The predicted octanol–water partition coefficient (Wildman–Crippen LogP) is 5.41. The van der Waals surface area contributed by atoms with Crippen molar-refractivity contribution in [3.8, 4) is 11.8 Å². The summed E-state index contributed by atoms with van der Waals surface area (Å²) in [5.41, 5.74) is 1.82. The molecule has 3 aromatic rings. The first kappa shape index (κ1) is 17.5. The molecule has 126 valence electrons. The third kappa shape index (κ3) is 3.01. The number of thiophene rings is 1. The van der Waals surface area contributed by atoms with Gasteiger partial charge < -0.3 is 10.1 Å². The van der Waals surface area contributed by atoms with Crippen molar-refractivity contribution in [2.24, 2.45) is 0 Å². The van der Waals surface area contributed by atoms with Gasteiger partial charge in [0.05, 0.1) is 22.7 Å². The molecule has 6 heteroatoms. The Labute approximate surface area is 158 Å². The molecule has 0 unspecified atom stereocenters. The van der Waals surface area contributed by atoms with E-state index >= 15 is 0 Å². The predicted molar refractivity (Wildman–Crippen MR) is 105 cm³/mol. The van der Waals surface area contributed by atoms with Crippen LogP contribution in [-0.4, -0.2) is 13.0 Å². The van der Waals surface area contributed by atoms with Crippen molar-refractivity contribution < 1.29 is 9.53 Å². The Kier molecular flexibility index (Phi) is 4.80. The lowest BCUT2D eigenvalue weighted by Gasteiger charge is -2.13. The SMILES string of the molecule is COc1c(C(=O)Nc2sc(C)c(C)c2C#N)cc2ccccc2c1Br. The van der Waals surface area contributed by atoms with Crippen LogP contribution in [0.25, 0.3) is 10.8 Å². The summed E-state index contributed by atoms with van der Waals surface area (Å²) in [7, 11) is 1.53. The van der Waals surface area contributed by atoms with Crippen LogP contribution in [-0.2, 0) is 0 Å². The monoisotopic (exact) mass is 414 g/mol. The molecule has 0 spiro atoms. The molecule has 0 atom stereocenters. The second kappa shape index (κ2) is 6.87. The lowest BCUT2D eigenvalue weighted by molar-refractivity contribution is 0.102. The van der Waals surface area contributed by atoms with Gasteiger partial charge in [-0.1, -0.05) is 24.3 Å². The summed E-state index contributed by atoms with van der Waals surface area (Å²) in [5.74, 6) is 0.167. The fourth-order valence-electron chi connectivity index (χ4n) is 2.67. The molecule has 1 amide bonds. The van der Waals surface area contributed by atoms with Crippen LogP contribution in [0.3, 0.4) is 0 Å². The van der Waals surface area contributed by atoms with E-state index in [-0.39, 0.29) is 5.91 Å². The molecule has 4 nitrogen and oxygen atoms in total. The Morgan fingerprint density at radius 3 is 2.72 bits per heavy atom. The average molecular weight is 415 g/mol. The minimum absolute atomic E-state index is 0.305. The fourth-order valence-corrected chi connectivity index (χ4v) is 4.42. The number of carbonyl (C=O) groups is 1. The Balaban J connectivity index is 2.09. The number of rotatable bonds is 3. The molecule has 1 N–H and O–H groups in total. The summed E-state index contributed by atoms with van der Waals surface area (Å²) >= 11 is 4.94. The van der Waals surface area contributed by atoms with Crippen molar-refractivity contribution >= 4 is 48.9 Å². The van der Waals surface area contributed by atoms with E-state index in [1.165, 1.54) is 18.4 Å². The summed E-state index contributed by atoms with van der Waals surface area (Å²) < 4.78 is 6.19. The van der Waals surface area contributed by atoms with Gasteiger partial charge in [-0.05, 0) is 52.2 Å². The van der Waals surface area contributed by atoms with Gasteiger partial charge in [-0.15, -0.1) is 11.3 Å².